The fourth-order valence-corrected chi connectivity index (χ4v) is 3.30. The predicted molar refractivity (Wildman–Crippen MR) is 122 cm³/mol. The predicted octanol–water partition coefficient (Wildman–Crippen LogP) is 3.60. The van der Waals surface area contributed by atoms with Crippen molar-refractivity contribution in [1.29, 1.82) is 0 Å². The van der Waals surface area contributed by atoms with Crippen molar-refractivity contribution in [2.24, 2.45) is 7.05 Å². The molecule has 8 nitrogen and oxygen atoms in total. The second-order valence-corrected chi connectivity index (χ2v) is 7.39. The van der Waals surface area contributed by atoms with Gasteiger partial charge in [0.15, 0.2) is 0 Å². The topological polar surface area (TPSA) is 86.6 Å². The molecule has 1 unspecified atom stereocenters. The van der Waals surface area contributed by atoms with Crippen molar-refractivity contribution in [3.8, 4) is 17.2 Å². The Kier molecular flexibility index (Phi) is 7.96. The van der Waals surface area contributed by atoms with Crippen molar-refractivity contribution in [3.05, 3.63) is 71.8 Å². The average molecular weight is 439 g/mol. The molecule has 0 fully saturated rings. The van der Waals surface area contributed by atoms with Crippen LogP contribution in [0.4, 0.5) is 4.79 Å². The first kappa shape index (κ1) is 23.0. The summed E-state index contributed by atoms with van der Waals surface area (Å²) in [6.07, 6.45) is 4.21. The number of benzene rings is 2. The lowest BCUT2D eigenvalue weighted by atomic mass is 10.1. The van der Waals surface area contributed by atoms with Crippen molar-refractivity contribution in [2.45, 2.75) is 19.4 Å². The summed E-state index contributed by atoms with van der Waals surface area (Å²) in [7, 11) is 5.07. The van der Waals surface area contributed by atoms with Gasteiger partial charge in [0.05, 0.1) is 20.8 Å². The Labute approximate surface area is 188 Å². The normalized spacial score (nSPS) is 11.5. The molecule has 2 aromatic carbocycles. The molecule has 3 rings (SSSR count). The highest BCUT2D eigenvalue weighted by Crippen LogP contribution is 2.29. The van der Waals surface area contributed by atoms with Crippen molar-refractivity contribution in [1.82, 2.24) is 20.2 Å². The SMILES string of the molecule is COc1cc(OC)cc(C(NC(=O)NCCCOc2cccc(C)c2)c2nccn2C)c1. The number of nitrogens with zero attached hydrogens (tertiary/aromatic N) is 2. The third-order valence-electron chi connectivity index (χ3n) is 4.96. The zero-order valence-electron chi connectivity index (χ0n) is 18.9. The van der Waals surface area contributed by atoms with Gasteiger partial charge in [0.2, 0.25) is 0 Å². The minimum atomic E-state index is -0.484. The van der Waals surface area contributed by atoms with E-state index >= 15 is 0 Å². The Morgan fingerprint density at radius 1 is 1.09 bits per heavy atom. The van der Waals surface area contributed by atoms with Crippen LogP contribution in [0, 0.1) is 6.92 Å². The number of imidazole rings is 1. The van der Waals surface area contributed by atoms with Gasteiger partial charge < -0.3 is 29.4 Å². The zero-order valence-corrected chi connectivity index (χ0v) is 18.9. The van der Waals surface area contributed by atoms with E-state index in [4.69, 9.17) is 14.2 Å². The van der Waals surface area contributed by atoms with Crippen LogP contribution in [0.3, 0.4) is 0 Å². The third-order valence-corrected chi connectivity index (χ3v) is 4.96. The monoisotopic (exact) mass is 438 g/mol. The Hall–Kier alpha value is -3.68. The lowest BCUT2D eigenvalue weighted by Gasteiger charge is -2.21. The summed E-state index contributed by atoms with van der Waals surface area (Å²) in [5.41, 5.74) is 1.95. The first-order valence-electron chi connectivity index (χ1n) is 10.4. The van der Waals surface area contributed by atoms with Crippen LogP contribution in [-0.4, -0.2) is 43.0 Å². The first-order chi connectivity index (χ1) is 15.5. The van der Waals surface area contributed by atoms with Gasteiger partial charge in [-0.2, -0.15) is 0 Å². The second-order valence-electron chi connectivity index (χ2n) is 7.39. The summed E-state index contributed by atoms with van der Waals surface area (Å²) in [6.45, 7) is 3.01. The van der Waals surface area contributed by atoms with E-state index in [0.717, 1.165) is 16.9 Å². The third kappa shape index (κ3) is 6.16. The van der Waals surface area contributed by atoms with Crippen molar-refractivity contribution in [2.75, 3.05) is 27.4 Å². The van der Waals surface area contributed by atoms with E-state index < -0.39 is 6.04 Å². The van der Waals surface area contributed by atoms with Crippen molar-refractivity contribution in [3.63, 3.8) is 0 Å². The fraction of sp³-hybridized carbons (Fsp3) is 0.333. The highest BCUT2D eigenvalue weighted by Gasteiger charge is 2.22. The maximum absolute atomic E-state index is 12.7. The number of urea groups is 1. The van der Waals surface area contributed by atoms with Gasteiger partial charge >= 0.3 is 6.03 Å². The number of amides is 2. The van der Waals surface area contributed by atoms with Gasteiger partial charge in [-0.1, -0.05) is 12.1 Å². The van der Waals surface area contributed by atoms with Gasteiger partial charge in [-0.05, 0) is 48.7 Å². The molecule has 0 aliphatic heterocycles. The van der Waals surface area contributed by atoms with Crippen LogP contribution in [0.1, 0.15) is 29.4 Å². The van der Waals surface area contributed by atoms with Crippen LogP contribution in [-0.2, 0) is 7.05 Å². The van der Waals surface area contributed by atoms with Crippen LogP contribution in [0.15, 0.2) is 54.9 Å². The summed E-state index contributed by atoms with van der Waals surface area (Å²) in [5.74, 6) is 2.79. The van der Waals surface area contributed by atoms with Crippen LogP contribution < -0.4 is 24.8 Å². The molecule has 0 saturated heterocycles. The van der Waals surface area contributed by atoms with Crippen LogP contribution in [0.2, 0.25) is 0 Å². The van der Waals surface area contributed by atoms with E-state index in [0.29, 0.717) is 36.9 Å². The highest BCUT2D eigenvalue weighted by molar-refractivity contribution is 5.75. The van der Waals surface area contributed by atoms with E-state index in [-0.39, 0.29) is 6.03 Å². The maximum atomic E-state index is 12.7. The molecule has 0 aliphatic rings. The standard InChI is InChI=1S/C24H30N4O4/c1-17-7-5-8-19(13-17)32-12-6-9-26-24(29)27-22(23-25-10-11-28(23)2)18-14-20(30-3)16-21(15-18)31-4/h5,7-8,10-11,13-16,22H,6,9,12H2,1-4H3,(H2,26,27,29). The Balaban J connectivity index is 1.61. The molecule has 170 valence electrons. The van der Waals surface area contributed by atoms with Gasteiger partial charge in [0.1, 0.15) is 29.1 Å². The number of methoxy groups -OCH3 is 2. The Morgan fingerprint density at radius 2 is 1.84 bits per heavy atom. The molecule has 0 saturated carbocycles. The zero-order chi connectivity index (χ0) is 22.9. The summed E-state index contributed by atoms with van der Waals surface area (Å²) >= 11 is 0. The maximum Gasteiger partial charge on any atom is 0.315 e. The van der Waals surface area contributed by atoms with Gasteiger partial charge in [0, 0.05) is 32.1 Å². The van der Waals surface area contributed by atoms with E-state index in [1.165, 1.54) is 0 Å². The molecule has 0 radical (unpaired) electrons. The summed E-state index contributed by atoms with van der Waals surface area (Å²) < 4.78 is 18.4. The number of ether oxygens (including phenoxy) is 3. The van der Waals surface area contributed by atoms with Crippen LogP contribution in [0.5, 0.6) is 17.2 Å². The van der Waals surface area contributed by atoms with Gasteiger partial charge in [0.25, 0.3) is 0 Å². The number of rotatable bonds is 10. The molecule has 8 heteroatoms. The van der Waals surface area contributed by atoms with Gasteiger partial charge in [-0.25, -0.2) is 9.78 Å². The molecule has 2 amide bonds. The lowest BCUT2D eigenvalue weighted by molar-refractivity contribution is 0.236. The molecule has 2 N–H and O–H groups in total. The summed E-state index contributed by atoms with van der Waals surface area (Å²) in [6, 6.07) is 12.6. The van der Waals surface area contributed by atoms with E-state index in [2.05, 4.69) is 15.6 Å². The quantitative estimate of drug-likeness (QED) is 0.473. The molecule has 1 aromatic heterocycles. The second kappa shape index (κ2) is 11.1. The molecule has 0 bridgehead atoms. The molecular weight excluding hydrogens is 408 g/mol. The molecule has 1 heterocycles. The molecule has 0 aliphatic carbocycles. The number of carbonyl (C=O) groups excluding carboxylic acids is 1. The van der Waals surface area contributed by atoms with Crippen molar-refractivity contribution >= 4 is 6.03 Å². The lowest BCUT2D eigenvalue weighted by Crippen LogP contribution is -2.40. The number of nitrogens with one attached hydrogen (secondary N) is 2. The Morgan fingerprint density at radius 3 is 2.47 bits per heavy atom. The Bertz CT molecular complexity index is 1010. The van der Waals surface area contributed by atoms with Crippen LogP contribution >= 0.6 is 0 Å². The molecule has 3 aromatic rings. The first-order valence-corrected chi connectivity index (χ1v) is 10.4. The number of aryl methyl sites for hydroxylation is 2. The largest absolute Gasteiger partial charge is 0.497 e. The summed E-state index contributed by atoms with van der Waals surface area (Å²) in [5, 5.41) is 5.90. The van der Waals surface area contributed by atoms with Gasteiger partial charge in [-0.15, -0.1) is 0 Å². The fourth-order valence-electron chi connectivity index (χ4n) is 3.30. The van der Waals surface area contributed by atoms with Gasteiger partial charge in [-0.3, -0.25) is 0 Å². The average Bonchev–Trinajstić information content (AvgIpc) is 3.22. The summed E-state index contributed by atoms with van der Waals surface area (Å²) in [4.78, 5) is 17.1. The molecule has 0 spiro atoms. The van der Waals surface area contributed by atoms with Crippen LogP contribution in [0.25, 0.3) is 0 Å². The minimum absolute atomic E-state index is 0.296. The number of hydrogen-bond donors (Lipinski definition) is 2. The smallest absolute Gasteiger partial charge is 0.315 e. The highest BCUT2D eigenvalue weighted by atomic mass is 16.5. The van der Waals surface area contributed by atoms with E-state index in [9.17, 15) is 4.79 Å². The number of aromatic nitrogens is 2. The van der Waals surface area contributed by atoms with E-state index in [1.807, 2.05) is 61.1 Å². The molecule has 1 atom stereocenters. The molecule has 32 heavy (non-hydrogen) atoms. The number of carbonyl (C=O) groups is 1. The minimum Gasteiger partial charge on any atom is -0.497 e. The number of hydrogen-bond acceptors (Lipinski definition) is 5. The van der Waals surface area contributed by atoms with E-state index in [1.54, 1.807) is 26.5 Å². The van der Waals surface area contributed by atoms with Crippen molar-refractivity contribution < 1.29 is 19.0 Å². The molecular formula is C24H30N4O4.